The van der Waals surface area contributed by atoms with E-state index in [0.717, 1.165) is 0 Å². The van der Waals surface area contributed by atoms with E-state index < -0.39 is 0 Å². The Kier molecular flexibility index (Phi) is 21.3. The molecule has 1 aromatic heterocycles. The molecule has 0 saturated carbocycles. The van der Waals surface area contributed by atoms with E-state index in [1.807, 2.05) is 0 Å². The van der Waals surface area contributed by atoms with Crippen molar-refractivity contribution in [2.45, 2.75) is 168 Å². The molecule has 1 heterocycles. The number of unbranched alkanes of at least 4 members (excludes halogenated alkanes) is 20. The van der Waals surface area contributed by atoms with Crippen molar-refractivity contribution < 1.29 is 4.57 Å². The van der Waals surface area contributed by atoms with Gasteiger partial charge in [0.1, 0.15) is 6.54 Å². The van der Waals surface area contributed by atoms with Crippen LogP contribution in [0.15, 0.2) is 24.5 Å². The summed E-state index contributed by atoms with van der Waals surface area (Å²) in [7, 11) is 0. The van der Waals surface area contributed by atoms with Gasteiger partial charge in [0.25, 0.3) is 0 Å². The number of nitrogens with zero attached hydrogens (tertiary/aromatic N) is 1. The summed E-state index contributed by atoms with van der Waals surface area (Å²) >= 11 is 0. The second-order valence-corrected chi connectivity index (χ2v) is 10.3. The van der Waals surface area contributed by atoms with Gasteiger partial charge in [-0.15, -0.1) is 0 Å². The van der Waals surface area contributed by atoms with Crippen molar-refractivity contribution in [2.24, 2.45) is 0 Å². The summed E-state index contributed by atoms with van der Waals surface area (Å²) in [6.07, 6.45) is 37.3. The van der Waals surface area contributed by atoms with Crippen LogP contribution in [0.4, 0.5) is 0 Å². The zero-order valence-corrected chi connectivity index (χ0v) is 22.2. The van der Waals surface area contributed by atoms with Gasteiger partial charge in [0.15, 0.2) is 12.4 Å². The smallest absolute Gasteiger partial charge is 0.171 e. The molecular weight excluding hydrogens is 386 g/mol. The first-order valence-corrected chi connectivity index (χ1v) is 14.8. The van der Waals surface area contributed by atoms with E-state index in [9.17, 15) is 0 Å². The van der Waals surface area contributed by atoms with Crippen LogP contribution in [-0.2, 0) is 13.0 Å². The molecule has 0 radical (unpaired) electrons. The Bertz CT molecular complexity index is 454. The minimum Gasteiger partial charge on any atom is -0.205 e. The molecular formula is C31H58N+. The lowest BCUT2D eigenvalue weighted by Crippen LogP contribution is -2.33. The highest BCUT2D eigenvalue weighted by Crippen LogP contribution is 2.13. The Hall–Kier alpha value is -0.850. The molecule has 0 N–H and O–H groups in total. The maximum Gasteiger partial charge on any atom is 0.171 e. The van der Waals surface area contributed by atoms with Crippen LogP contribution in [0, 0.1) is 0 Å². The van der Waals surface area contributed by atoms with E-state index in [1.165, 1.54) is 160 Å². The summed E-state index contributed by atoms with van der Waals surface area (Å²) in [5, 5.41) is 0. The largest absolute Gasteiger partial charge is 0.205 e. The third kappa shape index (κ3) is 18.7. The minimum absolute atomic E-state index is 1.20. The molecule has 0 amide bonds. The molecule has 1 aromatic rings. The molecule has 1 nitrogen and oxygen atoms in total. The topological polar surface area (TPSA) is 3.88 Å². The van der Waals surface area contributed by atoms with Crippen molar-refractivity contribution in [2.75, 3.05) is 0 Å². The lowest BCUT2D eigenvalue weighted by molar-refractivity contribution is -0.697. The van der Waals surface area contributed by atoms with Crippen molar-refractivity contribution in [1.29, 1.82) is 0 Å². The van der Waals surface area contributed by atoms with Crippen LogP contribution in [0.5, 0.6) is 0 Å². The summed E-state index contributed by atoms with van der Waals surface area (Å²) in [4.78, 5) is 0. The van der Waals surface area contributed by atoms with E-state index >= 15 is 0 Å². The Morgan fingerprint density at radius 2 is 0.906 bits per heavy atom. The molecule has 1 rings (SSSR count). The van der Waals surface area contributed by atoms with Crippen LogP contribution in [-0.4, -0.2) is 0 Å². The van der Waals surface area contributed by atoms with Crippen molar-refractivity contribution in [3.05, 3.63) is 30.1 Å². The third-order valence-corrected chi connectivity index (χ3v) is 7.01. The molecule has 0 aromatic carbocycles. The van der Waals surface area contributed by atoms with Crippen LogP contribution >= 0.6 is 0 Å². The van der Waals surface area contributed by atoms with Crippen LogP contribution in [0.2, 0.25) is 0 Å². The van der Waals surface area contributed by atoms with Crippen LogP contribution < -0.4 is 4.57 Å². The van der Waals surface area contributed by atoms with E-state index in [4.69, 9.17) is 0 Å². The first kappa shape index (κ1) is 29.2. The molecule has 0 spiro atoms. The highest BCUT2D eigenvalue weighted by atomic mass is 14.9. The molecule has 0 saturated heterocycles. The van der Waals surface area contributed by atoms with Gasteiger partial charge in [0.05, 0.1) is 0 Å². The van der Waals surface area contributed by atoms with E-state index in [-0.39, 0.29) is 0 Å². The fraction of sp³-hybridized carbons (Fsp3) is 0.839. The zero-order valence-electron chi connectivity index (χ0n) is 22.2. The first-order chi connectivity index (χ1) is 15.9. The van der Waals surface area contributed by atoms with Gasteiger partial charge in [-0.25, -0.2) is 4.57 Å². The minimum atomic E-state index is 1.20. The maximum absolute atomic E-state index is 2.43. The predicted molar refractivity (Wildman–Crippen MR) is 143 cm³/mol. The summed E-state index contributed by atoms with van der Waals surface area (Å²) in [5.41, 5.74) is 1.53. The summed E-state index contributed by atoms with van der Waals surface area (Å²) < 4.78 is 2.43. The summed E-state index contributed by atoms with van der Waals surface area (Å²) in [6, 6.07) is 4.58. The molecule has 0 fully saturated rings. The molecule has 0 aliphatic carbocycles. The second kappa shape index (κ2) is 23.3. The zero-order chi connectivity index (χ0) is 23.0. The summed E-state index contributed by atoms with van der Waals surface area (Å²) in [5.74, 6) is 0. The lowest BCUT2D eigenvalue weighted by atomic mass is 10.0. The predicted octanol–water partition coefficient (Wildman–Crippen LogP) is 10.1. The number of pyridine rings is 1. The number of hydrogen-bond acceptors (Lipinski definition) is 0. The van der Waals surface area contributed by atoms with Gasteiger partial charge in [-0.2, -0.15) is 0 Å². The van der Waals surface area contributed by atoms with Gasteiger partial charge < -0.3 is 0 Å². The third-order valence-electron chi connectivity index (χ3n) is 7.01. The van der Waals surface area contributed by atoms with Gasteiger partial charge in [0.2, 0.25) is 0 Å². The summed E-state index contributed by atoms with van der Waals surface area (Å²) in [6.45, 7) is 5.80. The van der Waals surface area contributed by atoms with Gasteiger partial charge >= 0.3 is 0 Å². The van der Waals surface area contributed by atoms with Gasteiger partial charge in [0, 0.05) is 18.1 Å². The van der Waals surface area contributed by atoms with Crippen LogP contribution in [0.3, 0.4) is 0 Å². The van der Waals surface area contributed by atoms with Gasteiger partial charge in [-0.05, 0) is 25.3 Å². The van der Waals surface area contributed by atoms with Gasteiger partial charge in [-0.3, -0.25) is 0 Å². The average Bonchev–Trinajstić information content (AvgIpc) is 2.81. The van der Waals surface area contributed by atoms with Crippen molar-refractivity contribution in [1.82, 2.24) is 0 Å². The van der Waals surface area contributed by atoms with E-state index in [0.29, 0.717) is 0 Å². The lowest BCUT2D eigenvalue weighted by Gasteiger charge is -2.04. The molecule has 0 aliphatic heterocycles. The Morgan fingerprint density at radius 1 is 0.500 bits per heavy atom. The van der Waals surface area contributed by atoms with Crippen LogP contribution in [0.25, 0.3) is 0 Å². The second-order valence-electron chi connectivity index (χ2n) is 10.3. The maximum atomic E-state index is 2.43. The highest BCUT2D eigenvalue weighted by Gasteiger charge is 2.03. The quantitative estimate of drug-likeness (QED) is 0.110. The van der Waals surface area contributed by atoms with E-state index in [1.54, 1.807) is 0 Å². The first-order valence-electron chi connectivity index (χ1n) is 14.8. The molecule has 0 atom stereocenters. The molecule has 186 valence electrons. The van der Waals surface area contributed by atoms with Crippen molar-refractivity contribution in [3.63, 3.8) is 0 Å². The molecule has 0 unspecified atom stereocenters. The Labute approximate surface area is 202 Å². The fourth-order valence-electron chi connectivity index (χ4n) is 4.82. The monoisotopic (exact) mass is 444 g/mol. The number of aryl methyl sites for hydroxylation is 2. The number of aromatic nitrogens is 1. The fourth-order valence-corrected chi connectivity index (χ4v) is 4.82. The SMILES string of the molecule is CCCCCCCCCCCCCc1ccc[n+](CCCCCCCCCCCCC)c1. The Balaban J connectivity index is 1.94. The van der Waals surface area contributed by atoms with Gasteiger partial charge in [-0.1, -0.05) is 136 Å². The van der Waals surface area contributed by atoms with Crippen molar-refractivity contribution in [3.8, 4) is 0 Å². The van der Waals surface area contributed by atoms with E-state index in [2.05, 4.69) is 42.9 Å². The van der Waals surface area contributed by atoms with Crippen molar-refractivity contribution >= 4 is 0 Å². The molecule has 0 bridgehead atoms. The standard InChI is InChI=1S/C31H58N/c1-3-5-7-9-11-13-15-17-19-21-23-26-31-27-25-29-32(30-31)28-24-22-20-18-16-14-12-10-8-6-4-2/h25,27,29-30H,3-24,26,28H2,1-2H3/q+1. The number of rotatable bonds is 24. The average molecular weight is 445 g/mol. The normalized spacial score (nSPS) is 11.3. The molecule has 0 aliphatic rings. The van der Waals surface area contributed by atoms with Crippen LogP contribution in [0.1, 0.15) is 161 Å². The Morgan fingerprint density at radius 3 is 1.38 bits per heavy atom. The molecule has 1 heteroatoms. The number of hydrogen-bond donors (Lipinski definition) is 0. The molecule has 32 heavy (non-hydrogen) atoms. The highest BCUT2D eigenvalue weighted by molar-refractivity contribution is 5.05.